The van der Waals surface area contributed by atoms with E-state index in [4.69, 9.17) is 0 Å². The highest BCUT2D eigenvalue weighted by molar-refractivity contribution is 4.86. The van der Waals surface area contributed by atoms with Gasteiger partial charge in [-0.1, -0.05) is 0 Å². The van der Waals surface area contributed by atoms with Gasteiger partial charge in [-0.05, 0) is 66.2 Å². The predicted molar refractivity (Wildman–Crippen MR) is 73.4 cm³/mol. The Morgan fingerprint density at radius 3 is 2.35 bits per heavy atom. The first-order valence-electron chi connectivity index (χ1n) is 7.36. The Balaban J connectivity index is 1.80. The summed E-state index contributed by atoms with van der Waals surface area (Å²) in [7, 11) is 2.11. The standard InChI is InChI=1S/C14H29N3/c1-12(2)16-9-6-14(7-10-16)17-8-4-5-13(11-17)15-3/h12-15H,4-11H2,1-3H3. The summed E-state index contributed by atoms with van der Waals surface area (Å²) < 4.78 is 0. The Morgan fingerprint density at radius 2 is 1.76 bits per heavy atom. The van der Waals surface area contributed by atoms with Crippen LogP contribution in [0.5, 0.6) is 0 Å². The van der Waals surface area contributed by atoms with Gasteiger partial charge in [-0.3, -0.25) is 4.90 Å². The van der Waals surface area contributed by atoms with Crippen molar-refractivity contribution in [3.05, 3.63) is 0 Å². The third-order valence-electron chi connectivity index (χ3n) is 4.61. The van der Waals surface area contributed by atoms with E-state index < -0.39 is 0 Å². The van der Waals surface area contributed by atoms with E-state index in [2.05, 4.69) is 36.0 Å². The molecular weight excluding hydrogens is 210 g/mol. The minimum atomic E-state index is 0.724. The molecule has 0 spiro atoms. The van der Waals surface area contributed by atoms with E-state index in [1.807, 2.05) is 0 Å². The van der Waals surface area contributed by atoms with Gasteiger partial charge in [0, 0.05) is 24.7 Å². The molecule has 17 heavy (non-hydrogen) atoms. The van der Waals surface area contributed by atoms with Crippen LogP contribution in [-0.4, -0.2) is 61.2 Å². The third-order valence-corrected chi connectivity index (χ3v) is 4.61. The Morgan fingerprint density at radius 1 is 1.06 bits per heavy atom. The van der Waals surface area contributed by atoms with Crippen molar-refractivity contribution in [1.82, 2.24) is 15.1 Å². The summed E-state index contributed by atoms with van der Waals surface area (Å²) in [4.78, 5) is 5.36. The van der Waals surface area contributed by atoms with Gasteiger partial charge >= 0.3 is 0 Å². The van der Waals surface area contributed by atoms with Gasteiger partial charge in [0.2, 0.25) is 0 Å². The van der Waals surface area contributed by atoms with E-state index in [9.17, 15) is 0 Å². The summed E-state index contributed by atoms with van der Waals surface area (Å²) in [5.74, 6) is 0. The summed E-state index contributed by atoms with van der Waals surface area (Å²) in [5, 5.41) is 3.45. The average molecular weight is 239 g/mol. The van der Waals surface area contributed by atoms with Gasteiger partial charge in [0.05, 0.1) is 0 Å². The molecule has 0 aromatic carbocycles. The maximum atomic E-state index is 3.45. The predicted octanol–water partition coefficient (Wildman–Crippen LogP) is 1.54. The van der Waals surface area contributed by atoms with Gasteiger partial charge < -0.3 is 10.2 Å². The summed E-state index contributed by atoms with van der Waals surface area (Å²) in [6, 6.07) is 2.30. The van der Waals surface area contributed by atoms with Crippen LogP contribution in [0.15, 0.2) is 0 Å². The zero-order valence-electron chi connectivity index (χ0n) is 11.8. The lowest BCUT2D eigenvalue weighted by atomic mass is 9.97. The lowest BCUT2D eigenvalue weighted by Gasteiger charge is -2.43. The van der Waals surface area contributed by atoms with Gasteiger partial charge in [-0.25, -0.2) is 0 Å². The van der Waals surface area contributed by atoms with Gasteiger partial charge in [0.15, 0.2) is 0 Å². The Hall–Kier alpha value is -0.120. The second-order valence-corrected chi connectivity index (χ2v) is 5.98. The summed E-state index contributed by atoms with van der Waals surface area (Å²) in [6.07, 6.45) is 5.47. The quantitative estimate of drug-likeness (QED) is 0.806. The van der Waals surface area contributed by atoms with Crippen LogP contribution in [0.2, 0.25) is 0 Å². The molecule has 0 saturated carbocycles. The molecule has 2 fully saturated rings. The summed E-state index contributed by atoms with van der Waals surface area (Å²) in [6.45, 7) is 9.82. The number of likely N-dealkylation sites (tertiary alicyclic amines) is 2. The second kappa shape index (κ2) is 6.17. The molecule has 1 unspecified atom stereocenters. The smallest absolute Gasteiger partial charge is 0.0192 e. The van der Waals surface area contributed by atoms with E-state index in [1.54, 1.807) is 0 Å². The molecule has 2 rings (SSSR count). The number of hydrogen-bond donors (Lipinski definition) is 1. The van der Waals surface area contributed by atoms with E-state index in [-0.39, 0.29) is 0 Å². The second-order valence-electron chi connectivity index (χ2n) is 5.98. The van der Waals surface area contributed by atoms with Crippen molar-refractivity contribution in [3.63, 3.8) is 0 Å². The van der Waals surface area contributed by atoms with Crippen LogP contribution in [0.3, 0.4) is 0 Å². The fraction of sp³-hybridized carbons (Fsp3) is 1.00. The van der Waals surface area contributed by atoms with Crippen molar-refractivity contribution in [3.8, 4) is 0 Å². The van der Waals surface area contributed by atoms with Gasteiger partial charge in [-0.15, -0.1) is 0 Å². The summed E-state index contributed by atoms with van der Waals surface area (Å²) >= 11 is 0. The number of rotatable bonds is 3. The molecule has 2 heterocycles. The van der Waals surface area contributed by atoms with Gasteiger partial charge in [-0.2, -0.15) is 0 Å². The molecule has 3 heteroatoms. The van der Waals surface area contributed by atoms with Crippen LogP contribution in [0, 0.1) is 0 Å². The minimum Gasteiger partial charge on any atom is -0.316 e. The first-order chi connectivity index (χ1) is 8.20. The molecule has 0 radical (unpaired) electrons. The maximum Gasteiger partial charge on any atom is 0.0192 e. The van der Waals surface area contributed by atoms with Crippen molar-refractivity contribution in [2.45, 2.75) is 57.7 Å². The van der Waals surface area contributed by atoms with E-state index in [0.29, 0.717) is 0 Å². The first-order valence-corrected chi connectivity index (χ1v) is 7.36. The molecule has 2 aliphatic rings. The molecule has 100 valence electrons. The summed E-state index contributed by atoms with van der Waals surface area (Å²) in [5.41, 5.74) is 0. The molecular formula is C14H29N3. The number of nitrogens with zero attached hydrogens (tertiary/aromatic N) is 2. The maximum absolute atomic E-state index is 3.45. The van der Waals surface area contributed by atoms with Crippen LogP contribution in [0.1, 0.15) is 39.5 Å². The van der Waals surface area contributed by atoms with Crippen molar-refractivity contribution < 1.29 is 0 Å². The third kappa shape index (κ3) is 3.43. The van der Waals surface area contributed by atoms with Crippen LogP contribution in [0.4, 0.5) is 0 Å². The topological polar surface area (TPSA) is 18.5 Å². The van der Waals surface area contributed by atoms with Crippen LogP contribution < -0.4 is 5.32 Å². The molecule has 2 saturated heterocycles. The fourth-order valence-electron chi connectivity index (χ4n) is 3.34. The zero-order valence-corrected chi connectivity index (χ0v) is 11.8. The lowest BCUT2D eigenvalue weighted by Crippen LogP contribution is -2.52. The Kier molecular flexibility index (Phi) is 4.83. The van der Waals surface area contributed by atoms with Gasteiger partial charge in [0.1, 0.15) is 0 Å². The minimum absolute atomic E-state index is 0.724. The largest absolute Gasteiger partial charge is 0.316 e. The molecule has 0 aromatic heterocycles. The van der Waals surface area contributed by atoms with E-state index in [1.165, 1.54) is 51.9 Å². The first kappa shape index (κ1) is 13.3. The van der Waals surface area contributed by atoms with Crippen molar-refractivity contribution in [1.29, 1.82) is 0 Å². The Labute approximate surface area is 107 Å². The van der Waals surface area contributed by atoms with E-state index in [0.717, 1.165) is 18.1 Å². The molecule has 0 aromatic rings. The van der Waals surface area contributed by atoms with Crippen LogP contribution >= 0.6 is 0 Å². The van der Waals surface area contributed by atoms with Crippen molar-refractivity contribution in [2.24, 2.45) is 0 Å². The monoisotopic (exact) mass is 239 g/mol. The molecule has 0 aliphatic carbocycles. The normalized spacial score (nSPS) is 30.0. The highest BCUT2D eigenvalue weighted by Gasteiger charge is 2.28. The van der Waals surface area contributed by atoms with E-state index >= 15 is 0 Å². The highest BCUT2D eigenvalue weighted by Crippen LogP contribution is 2.21. The lowest BCUT2D eigenvalue weighted by molar-refractivity contribution is 0.0702. The van der Waals surface area contributed by atoms with Gasteiger partial charge in [0.25, 0.3) is 0 Å². The average Bonchev–Trinajstić information content (AvgIpc) is 2.39. The molecule has 1 atom stereocenters. The zero-order chi connectivity index (χ0) is 12.3. The molecule has 0 amide bonds. The number of piperidine rings is 2. The highest BCUT2D eigenvalue weighted by atomic mass is 15.2. The number of likely N-dealkylation sites (N-methyl/N-ethyl adjacent to an activating group) is 1. The number of hydrogen-bond acceptors (Lipinski definition) is 3. The van der Waals surface area contributed by atoms with Crippen molar-refractivity contribution in [2.75, 3.05) is 33.2 Å². The number of nitrogens with one attached hydrogen (secondary N) is 1. The molecule has 1 N–H and O–H groups in total. The fourth-order valence-corrected chi connectivity index (χ4v) is 3.34. The van der Waals surface area contributed by atoms with Crippen LogP contribution in [-0.2, 0) is 0 Å². The molecule has 3 nitrogen and oxygen atoms in total. The van der Waals surface area contributed by atoms with Crippen LogP contribution in [0.25, 0.3) is 0 Å². The molecule has 0 bridgehead atoms. The Bertz CT molecular complexity index is 222. The SMILES string of the molecule is CNC1CCCN(C2CCN(C(C)C)CC2)C1. The molecule has 2 aliphatic heterocycles. The van der Waals surface area contributed by atoms with Crippen molar-refractivity contribution >= 4 is 0 Å².